The number of fused-ring (bicyclic) bond motifs is 3. The number of nitrogens with zero attached hydrogens (tertiary/aromatic N) is 3. The molecule has 4 nitrogen and oxygen atoms in total. The molecule has 0 saturated heterocycles. The summed E-state index contributed by atoms with van der Waals surface area (Å²) in [7, 11) is 0. The van der Waals surface area contributed by atoms with Gasteiger partial charge in [-0.2, -0.15) is 0 Å². The second-order valence-corrected chi connectivity index (χ2v) is 6.48. The number of rotatable bonds is 1. The fourth-order valence-corrected chi connectivity index (χ4v) is 3.26. The first-order chi connectivity index (χ1) is 11.1. The van der Waals surface area contributed by atoms with Crippen molar-refractivity contribution in [3.8, 4) is 17.1 Å². The van der Waals surface area contributed by atoms with Crippen molar-refractivity contribution in [1.29, 1.82) is 0 Å². The van der Waals surface area contributed by atoms with E-state index < -0.39 is 0 Å². The van der Waals surface area contributed by atoms with Crippen LogP contribution in [0.25, 0.3) is 17.1 Å². The van der Waals surface area contributed by atoms with E-state index in [0.29, 0.717) is 10.0 Å². The van der Waals surface area contributed by atoms with Crippen molar-refractivity contribution < 1.29 is 0 Å². The van der Waals surface area contributed by atoms with Gasteiger partial charge in [-0.3, -0.25) is 4.57 Å². The Hall–Kier alpha value is -2.04. The molecule has 0 saturated carbocycles. The van der Waals surface area contributed by atoms with Gasteiger partial charge in [0.25, 0.3) is 0 Å². The van der Waals surface area contributed by atoms with Gasteiger partial charge in [-0.1, -0.05) is 42.3 Å². The molecule has 23 heavy (non-hydrogen) atoms. The van der Waals surface area contributed by atoms with Crippen LogP contribution in [-0.2, 0) is 0 Å². The van der Waals surface area contributed by atoms with Crippen molar-refractivity contribution in [1.82, 2.24) is 14.8 Å². The topological polar surface area (TPSA) is 42.7 Å². The number of anilines is 1. The highest BCUT2D eigenvalue weighted by Crippen LogP contribution is 2.36. The Morgan fingerprint density at radius 3 is 2.78 bits per heavy atom. The maximum absolute atomic E-state index is 6.37. The highest BCUT2D eigenvalue weighted by atomic mass is 35.5. The molecule has 1 unspecified atom stereocenters. The number of hydrogen-bond acceptors (Lipinski definition) is 3. The fraction of sp³-hybridized carbons (Fsp3) is 0.176. The molecule has 0 aliphatic carbocycles. The zero-order chi connectivity index (χ0) is 16.0. The summed E-state index contributed by atoms with van der Waals surface area (Å²) in [4.78, 5) is 0. The van der Waals surface area contributed by atoms with Gasteiger partial charge in [0, 0.05) is 23.0 Å². The number of nitrogens with one attached hydrogen (secondary N) is 1. The Kier molecular flexibility index (Phi) is 3.51. The van der Waals surface area contributed by atoms with Gasteiger partial charge in [-0.25, -0.2) is 0 Å². The molecule has 116 valence electrons. The molecule has 1 atom stereocenters. The molecule has 0 amide bonds. The first kappa shape index (κ1) is 14.5. The van der Waals surface area contributed by atoms with Crippen LogP contribution in [-0.4, -0.2) is 21.3 Å². The average molecular weight is 345 g/mol. The van der Waals surface area contributed by atoms with Crippen molar-refractivity contribution in [3.63, 3.8) is 0 Å². The molecule has 6 heteroatoms. The molecule has 1 aromatic heterocycles. The van der Waals surface area contributed by atoms with Crippen LogP contribution in [0, 0.1) is 0 Å². The molecule has 4 rings (SSSR count). The van der Waals surface area contributed by atoms with Gasteiger partial charge in [-0.15, -0.1) is 10.2 Å². The molecular formula is C17H14Cl2N4. The third-order valence-corrected chi connectivity index (χ3v) is 4.61. The van der Waals surface area contributed by atoms with Gasteiger partial charge in [0.05, 0.1) is 16.4 Å². The average Bonchev–Trinajstić information content (AvgIpc) is 2.92. The lowest BCUT2D eigenvalue weighted by molar-refractivity contribution is 0.725. The summed E-state index contributed by atoms with van der Waals surface area (Å²) in [6, 6.07) is 13.5. The molecule has 0 fully saturated rings. The summed E-state index contributed by atoms with van der Waals surface area (Å²) in [6.07, 6.45) is 0. The standard InChI is InChI=1S/C17H14Cl2N4/c1-10-9-20-14-8-11(18)6-7-15(14)23-16(10)21-22-17(23)12-4-2-3-5-13(12)19/h2-8,10,20H,9H2,1H3. The van der Waals surface area contributed by atoms with Crippen LogP contribution in [0.1, 0.15) is 18.7 Å². The van der Waals surface area contributed by atoms with Crippen molar-refractivity contribution >= 4 is 28.9 Å². The van der Waals surface area contributed by atoms with Crippen LogP contribution in [0.4, 0.5) is 5.69 Å². The van der Waals surface area contributed by atoms with Crippen molar-refractivity contribution in [2.45, 2.75) is 12.8 Å². The molecule has 1 aliphatic heterocycles. The van der Waals surface area contributed by atoms with E-state index in [0.717, 1.165) is 35.1 Å². The van der Waals surface area contributed by atoms with Crippen molar-refractivity contribution in [3.05, 3.63) is 58.3 Å². The van der Waals surface area contributed by atoms with Crippen LogP contribution < -0.4 is 5.32 Å². The van der Waals surface area contributed by atoms with Crippen LogP contribution in [0.3, 0.4) is 0 Å². The minimum absolute atomic E-state index is 0.213. The third kappa shape index (κ3) is 2.38. The van der Waals surface area contributed by atoms with Gasteiger partial charge in [0.2, 0.25) is 0 Å². The van der Waals surface area contributed by atoms with E-state index in [9.17, 15) is 0 Å². The van der Waals surface area contributed by atoms with Gasteiger partial charge in [-0.05, 0) is 30.3 Å². The van der Waals surface area contributed by atoms with E-state index in [4.69, 9.17) is 23.2 Å². The highest BCUT2D eigenvalue weighted by molar-refractivity contribution is 6.33. The summed E-state index contributed by atoms with van der Waals surface area (Å²) < 4.78 is 2.07. The first-order valence-electron chi connectivity index (χ1n) is 7.39. The quantitative estimate of drug-likeness (QED) is 0.691. The number of aromatic nitrogens is 3. The largest absolute Gasteiger partial charge is 0.383 e. The zero-order valence-electron chi connectivity index (χ0n) is 12.4. The van der Waals surface area contributed by atoms with E-state index in [2.05, 4.69) is 27.0 Å². The monoisotopic (exact) mass is 344 g/mol. The normalized spacial score (nSPS) is 16.2. The van der Waals surface area contributed by atoms with Gasteiger partial charge in [0.15, 0.2) is 5.82 Å². The van der Waals surface area contributed by atoms with Crippen LogP contribution in [0.5, 0.6) is 0 Å². The van der Waals surface area contributed by atoms with Crippen LogP contribution in [0.2, 0.25) is 10.0 Å². The second kappa shape index (κ2) is 5.55. The van der Waals surface area contributed by atoms with Crippen molar-refractivity contribution in [2.75, 3.05) is 11.9 Å². The molecule has 2 heterocycles. The number of benzene rings is 2. The number of halogens is 2. The highest BCUT2D eigenvalue weighted by Gasteiger charge is 2.25. The summed E-state index contributed by atoms with van der Waals surface area (Å²) in [5.74, 6) is 1.86. The Balaban J connectivity index is 2.01. The van der Waals surface area contributed by atoms with E-state index in [1.807, 2.05) is 42.5 Å². The summed E-state index contributed by atoms with van der Waals surface area (Å²) in [5.41, 5.74) is 2.81. The molecule has 2 aromatic carbocycles. The predicted octanol–water partition coefficient (Wildman–Crippen LogP) is 4.77. The van der Waals surface area contributed by atoms with Gasteiger partial charge < -0.3 is 5.32 Å². The fourth-order valence-electron chi connectivity index (χ4n) is 2.87. The SMILES string of the molecule is CC1CNc2cc(Cl)ccc2-n2c(-c3ccccc3Cl)nnc21. The van der Waals surface area contributed by atoms with Gasteiger partial charge >= 0.3 is 0 Å². The molecule has 0 spiro atoms. The molecule has 1 N–H and O–H groups in total. The van der Waals surface area contributed by atoms with Crippen molar-refractivity contribution in [2.24, 2.45) is 0 Å². The maximum Gasteiger partial charge on any atom is 0.170 e. The van der Waals surface area contributed by atoms with E-state index in [-0.39, 0.29) is 5.92 Å². The van der Waals surface area contributed by atoms with E-state index in [1.54, 1.807) is 0 Å². The Bertz CT molecular complexity index is 888. The van der Waals surface area contributed by atoms with E-state index >= 15 is 0 Å². The van der Waals surface area contributed by atoms with E-state index in [1.165, 1.54) is 0 Å². The summed E-state index contributed by atoms with van der Waals surface area (Å²) in [5, 5.41) is 13.6. The lowest BCUT2D eigenvalue weighted by Gasteiger charge is -2.13. The smallest absolute Gasteiger partial charge is 0.170 e. The lowest BCUT2D eigenvalue weighted by Crippen LogP contribution is -2.09. The third-order valence-electron chi connectivity index (χ3n) is 4.04. The second-order valence-electron chi connectivity index (χ2n) is 5.64. The Morgan fingerprint density at radius 1 is 1.13 bits per heavy atom. The molecule has 3 aromatic rings. The summed E-state index contributed by atoms with van der Waals surface area (Å²) in [6.45, 7) is 2.89. The van der Waals surface area contributed by atoms with Gasteiger partial charge in [0.1, 0.15) is 5.82 Å². The maximum atomic E-state index is 6.37. The minimum atomic E-state index is 0.213. The first-order valence-corrected chi connectivity index (χ1v) is 8.15. The Labute approximate surface area is 144 Å². The molecular weight excluding hydrogens is 331 g/mol. The molecule has 0 radical (unpaired) electrons. The number of hydrogen-bond donors (Lipinski definition) is 1. The Morgan fingerprint density at radius 2 is 1.96 bits per heavy atom. The minimum Gasteiger partial charge on any atom is -0.383 e. The van der Waals surface area contributed by atoms with Crippen LogP contribution in [0.15, 0.2) is 42.5 Å². The van der Waals surface area contributed by atoms with Crippen LogP contribution >= 0.6 is 23.2 Å². The summed E-state index contributed by atoms with van der Waals surface area (Å²) >= 11 is 12.5. The molecule has 0 bridgehead atoms. The zero-order valence-corrected chi connectivity index (χ0v) is 13.9. The molecule has 1 aliphatic rings. The predicted molar refractivity (Wildman–Crippen MR) is 93.7 cm³/mol. The lowest BCUT2D eigenvalue weighted by atomic mass is 10.1.